The summed E-state index contributed by atoms with van der Waals surface area (Å²) >= 11 is 0. The monoisotopic (exact) mass is 275 g/mol. The van der Waals surface area contributed by atoms with Crippen molar-refractivity contribution in [3.8, 4) is 11.1 Å². The molecular weight excluding hydrogens is 270 g/mol. The maximum Gasteiger partial charge on any atom is 1.00 e. The summed E-state index contributed by atoms with van der Waals surface area (Å²) in [5.41, 5.74) is -1.87. The number of rotatable bonds is 1. The molecule has 2 aromatic rings. The molecule has 0 N–H and O–H groups in total. The molecule has 0 unspecified atom stereocenters. The minimum absolute atomic E-state index is 0. The molecule has 0 bridgehead atoms. The molecular formula is C12H5BF4K. The minimum atomic E-state index is -1.58. The van der Waals surface area contributed by atoms with Crippen molar-refractivity contribution >= 4 is 13.3 Å². The Morgan fingerprint density at radius 2 is 1.17 bits per heavy atom. The Balaban J connectivity index is 0.00000162. The Hall–Kier alpha value is -0.139. The van der Waals surface area contributed by atoms with Crippen LogP contribution in [0, 0.1) is 23.3 Å². The van der Waals surface area contributed by atoms with E-state index in [9.17, 15) is 17.6 Å². The standard InChI is InChI=1S/C12H5BF4.K/c13-8-11(16)9(14)7(10(15)12(8)17)6-4-2-1-3-5-6;/h1-5H;/q-1;+1. The van der Waals surface area contributed by atoms with Crippen LogP contribution in [-0.2, 0) is 0 Å². The predicted molar refractivity (Wildman–Crippen MR) is 57.1 cm³/mol. The fourth-order valence-electron chi connectivity index (χ4n) is 1.51. The second kappa shape index (κ2) is 6.34. The summed E-state index contributed by atoms with van der Waals surface area (Å²) in [7, 11) is 4.90. The summed E-state index contributed by atoms with van der Waals surface area (Å²) in [6.07, 6.45) is 0. The zero-order valence-electron chi connectivity index (χ0n) is 9.48. The molecule has 0 aliphatic carbocycles. The Morgan fingerprint density at radius 3 is 1.61 bits per heavy atom. The first-order valence-corrected chi connectivity index (χ1v) is 4.71. The van der Waals surface area contributed by atoms with Gasteiger partial charge in [0.15, 0.2) is 11.6 Å². The third-order valence-electron chi connectivity index (χ3n) is 2.36. The van der Waals surface area contributed by atoms with E-state index in [0.717, 1.165) is 0 Å². The summed E-state index contributed by atoms with van der Waals surface area (Å²) in [5.74, 6) is -6.15. The molecule has 0 amide bonds. The summed E-state index contributed by atoms with van der Waals surface area (Å²) in [6, 6.07) is 7.30. The number of halogens is 4. The van der Waals surface area contributed by atoms with Gasteiger partial charge in [-0.1, -0.05) is 30.3 Å². The first-order valence-electron chi connectivity index (χ1n) is 4.71. The van der Waals surface area contributed by atoms with Crippen LogP contribution in [0.5, 0.6) is 0 Å². The molecule has 2 aromatic carbocycles. The maximum atomic E-state index is 13.5. The molecule has 0 atom stereocenters. The van der Waals surface area contributed by atoms with Crippen molar-refractivity contribution in [3.05, 3.63) is 53.6 Å². The van der Waals surface area contributed by atoms with Crippen molar-refractivity contribution in [3.63, 3.8) is 0 Å². The number of hydrogen-bond donors (Lipinski definition) is 0. The molecule has 0 nitrogen and oxygen atoms in total. The van der Waals surface area contributed by atoms with Crippen LogP contribution in [0.4, 0.5) is 17.6 Å². The molecule has 0 aliphatic heterocycles. The summed E-state index contributed by atoms with van der Waals surface area (Å²) < 4.78 is 53.5. The van der Waals surface area contributed by atoms with Gasteiger partial charge in [0.1, 0.15) is 11.6 Å². The van der Waals surface area contributed by atoms with E-state index in [0.29, 0.717) is 0 Å². The largest absolute Gasteiger partial charge is 1.00 e. The average Bonchev–Trinajstić information content (AvgIpc) is 2.36. The van der Waals surface area contributed by atoms with Gasteiger partial charge in [0.05, 0.1) is 5.56 Å². The average molecular weight is 275 g/mol. The Kier molecular flexibility index (Phi) is 5.61. The van der Waals surface area contributed by atoms with Crippen molar-refractivity contribution in [1.29, 1.82) is 0 Å². The third kappa shape index (κ3) is 2.72. The van der Waals surface area contributed by atoms with Gasteiger partial charge >= 0.3 is 51.4 Å². The van der Waals surface area contributed by atoms with E-state index < -0.39 is 34.3 Å². The van der Waals surface area contributed by atoms with Crippen LogP contribution in [0.15, 0.2) is 30.3 Å². The van der Waals surface area contributed by atoms with Crippen LogP contribution in [0.25, 0.3) is 11.1 Å². The smallest absolute Gasteiger partial charge is 0.572 e. The zero-order valence-corrected chi connectivity index (χ0v) is 12.6. The van der Waals surface area contributed by atoms with Crippen LogP contribution in [0.1, 0.15) is 0 Å². The second-order valence-corrected chi connectivity index (χ2v) is 3.41. The van der Waals surface area contributed by atoms with Gasteiger partial charge in [0.25, 0.3) is 0 Å². The molecule has 0 heterocycles. The summed E-state index contributed by atoms with van der Waals surface area (Å²) in [6.45, 7) is 0. The van der Waals surface area contributed by atoms with E-state index in [2.05, 4.69) is 0 Å². The van der Waals surface area contributed by atoms with Gasteiger partial charge in [-0.3, -0.25) is 0 Å². The van der Waals surface area contributed by atoms with Crippen LogP contribution in [0.2, 0.25) is 0 Å². The van der Waals surface area contributed by atoms with Gasteiger partial charge in [0, 0.05) is 0 Å². The molecule has 0 fully saturated rings. The van der Waals surface area contributed by atoms with Gasteiger partial charge in [-0.2, -0.15) is 0 Å². The SMILES string of the molecule is [B-]c1c(F)c(F)c(-c2ccccc2)c(F)c1F.[K+]. The first-order chi connectivity index (χ1) is 8.04. The molecule has 0 aromatic heterocycles. The van der Waals surface area contributed by atoms with E-state index in [1.807, 2.05) is 0 Å². The van der Waals surface area contributed by atoms with Crippen LogP contribution < -0.4 is 56.8 Å². The molecule has 18 heavy (non-hydrogen) atoms. The third-order valence-corrected chi connectivity index (χ3v) is 2.36. The molecule has 3 radical (unpaired) electrons. The summed E-state index contributed by atoms with van der Waals surface area (Å²) in [4.78, 5) is 0. The maximum absolute atomic E-state index is 13.5. The van der Waals surface area contributed by atoms with Crippen molar-refractivity contribution in [2.24, 2.45) is 0 Å². The molecule has 0 aliphatic rings. The fraction of sp³-hybridized carbons (Fsp3) is 0. The summed E-state index contributed by atoms with van der Waals surface area (Å²) in [5, 5.41) is 0. The quantitative estimate of drug-likeness (QED) is 0.381. The van der Waals surface area contributed by atoms with Gasteiger partial charge in [-0.05, 0) is 5.56 Å². The molecule has 6 heteroatoms. The molecule has 0 saturated heterocycles. The van der Waals surface area contributed by atoms with Gasteiger partial charge in [-0.25, -0.2) is 23.0 Å². The molecule has 0 spiro atoms. The van der Waals surface area contributed by atoms with Crippen molar-refractivity contribution < 1.29 is 68.9 Å². The van der Waals surface area contributed by atoms with Crippen LogP contribution >= 0.6 is 0 Å². The van der Waals surface area contributed by atoms with Crippen molar-refractivity contribution in [1.82, 2.24) is 0 Å². The van der Waals surface area contributed by atoms with E-state index in [1.54, 1.807) is 6.07 Å². The Morgan fingerprint density at radius 1 is 0.722 bits per heavy atom. The fourth-order valence-corrected chi connectivity index (χ4v) is 1.51. The predicted octanol–water partition coefficient (Wildman–Crippen LogP) is -0.292. The van der Waals surface area contributed by atoms with E-state index in [4.69, 9.17) is 7.85 Å². The zero-order chi connectivity index (χ0) is 12.6. The van der Waals surface area contributed by atoms with Crippen molar-refractivity contribution in [2.75, 3.05) is 0 Å². The first kappa shape index (κ1) is 15.9. The van der Waals surface area contributed by atoms with Crippen LogP contribution in [0.3, 0.4) is 0 Å². The second-order valence-electron chi connectivity index (χ2n) is 3.41. The van der Waals surface area contributed by atoms with E-state index in [1.165, 1.54) is 24.3 Å². The molecule has 85 valence electrons. The van der Waals surface area contributed by atoms with E-state index >= 15 is 0 Å². The topological polar surface area (TPSA) is 0 Å². The molecule has 0 saturated carbocycles. The van der Waals surface area contributed by atoms with Crippen LogP contribution in [-0.4, -0.2) is 7.85 Å². The number of hydrogen-bond acceptors (Lipinski definition) is 0. The van der Waals surface area contributed by atoms with Gasteiger partial charge in [-0.15, -0.1) is 0 Å². The van der Waals surface area contributed by atoms with Crippen molar-refractivity contribution in [2.45, 2.75) is 0 Å². The Bertz CT molecular complexity index is 543. The molecule has 2 rings (SSSR count). The van der Waals surface area contributed by atoms with Gasteiger partial charge < -0.3 is 7.85 Å². The van der Waals surface area contributed by atoms with Gasteiger partial charge in [0.2, 0.25) is 0 Å². The number of benzene rings is 2. The van der Waals surface area contributed by atoms with E-state index in [-0.39, 0.29) is 56.9 Å². The Labute approximate surface area is 145 Å². The minimum Gasteiger partial charge on any atom is -0.572 e. The normalized spacial score (nSPS) is 10.1.